The fraction of sp³-hybridized carbons (Fsp3) is 0.385. The van der Waals surface area contributed by atoms with Crippen LogP contribution in [0.15, 0.2) is 24.3 Å². The summed E-state index contributed by atoms with van der Waals surface area (Å²) in [5.41, 5.74) is 4.97. The molecule has 86 valence electrons. The summed E-state index contributed by atoms with van der Waals surface area (Å²) in [5, 5.41) is 1.18. The van der Waals surface area contributed by atoms with Crippen molar-refractivity contribution in [3.05, 3.63) is 29.8 Å². The van der Waals surface area contributed by atoms with E-state index in [0.29, 0.717) is 29.9 Å². The Kier molecular flexibility index (Phi) is 5.90. The molecule has 0 amide bonds. The molecule has 0 aliphatic rings. The molecule has 1 rings (SSSR count). The van der Waals surface area contributed by atoms with Gasteiger partial charge in [0.1, 0.15) is 0 Å². The Morgan fingerprint density at radius 1 is 1.19 bits per heavy atom. The molecule has 0 aliphatic heterocycles. The Bertz CT molecular complexity index is 396. The Hall–Kier alpha value is 0.0358. The quantitative estimate of drug-likeness (QED) is 0.572. The zero-order chi connectivity index (χ0) is 12.0. The SMILES string of the molecule is C[Se]c1ccccc1C[Se]C#C[Si](C)(C)C. The molecule has 0 aromatic heterocycles. The molecule has 0 fully saturated rings. The molecule has 0 N–H and O–H groups in total. The second-order valence-corrected chi connectivity index (χ2v) is 12.7. The van der Waals surface area contributed by atoms with Gasteiger partial charge in [0.15, 0.2) is 0 Å². The maximum absolute atomic E-state index is 3.45. The van der Waals surface area contributed by atoms with E-state index in [4.69, 9.17) is 0 Å². The van der Waals surface area contributed by atoms with Crippen LogP contribution in [-0.4, -0.2) is 38.0 Å². The second-order valence-electron chi connectivity index (χ2n) is 4.58. The van der Waals surface area contributed by atoms with Crippen molar-refractivity contribution >= 4 is 42.4 Å². The molecular weight excluding hydrogens is 342 g/mol. The number of rotatable bonds is 3. The van der Waals surface area contributed by atoms with Crippen molar-refractivity contribution < 1.29 is 0 Å². The molecule has 0 atom stereocenters. The van der Waals surface area contributed by atoms with Crippen molar-refractivity contribution in [3.63, 3.8) is 0 Å². The van der Waals surface area contributed by atoms with Gasteiger partial charge in [-0.25, -0.2) is 0 Å². The summed E-state index contributed by atoms with van der Waals surface area (Å²) >= 11 is 1.07. The van der Waals surface area contributed by atoms with E-state index in [-0.39, 0.29) is 0 Å². The molecule has 0 saturated carbocycles. The van der Waals surface area contributed by atoms with Gasteiger partial charge >= 0.3 is 113 Å². The minimum absolute atomic E-state index is 0.460. The van der Waals surface area contributed by atoms with Crippen LogP contribution in [0.3, 0.4) is 0 Å². The molecule has 0 saturated heterocycles. The normalized spacial score (nSPS) is 10.8. The van der Waals surface area contributed by atoms with Crippen LogP contribution in [0.4, 0.5) is 0 Å². The van der Waals surface area contributed by atoms with Gasteiger partial charge in [0.2, 0.25) is 0 Å². The molecule has 3 heteroatoms. The first-order valence-corrected chi connectivity index (χ1v) is 13.4. The van der Waals surface area contributed by atoms with Crippen LogP contribution in [0.2, 0.25) is 25.5 Å². The summed E-state index contributed by atoms with van der Waals surface area (Å²) in [4.78, 5) is 3.41. The van der Waals surface area contributed by atoms with Gasteiger partial charge in [-0.05, 0) is 0 Å². The van der Waals surface area contributed by atoms with Crippen LogP contribution < -0.4 is 4.46 Å². The van der Waals surface area contributed by atoms with Gasteiger partial charge in [-0.15, -0.1) is 0 Å². The van der Waals surface area contributed by atoms with Gasteiger partial charge in [0.25, 0.3) is 0 Å². The van der Waals surface area contributed by atoms with Crippen LogP contribution in [0.5, 0.6) is 0 Å². The average molecular weight is 360 g/mol. The third-order valence-corrected chi connectivity index (χ3v) is 6.43. The van der Waals surface area contributed by atoms with Crippen molar-refractivity contribution in [2.75, 3.05) is 0 Å². The van der Waals surface area contributed by atoms with Crippen LogP contribution in [0.25, 0.3) is 0 Å². The summed E-state index contributed by atoms with van der Waals surface area (Å²) in [5.74, 6) is 2.28. The van der Waals surface area contributed by atoms with Gasteiger partial charge < -0.3 is 0 Å². The predicted molar refractivity (Wildman–Crippen MR) is 78.3 cm³/mol. The van der Waals surface area contributed by atoms with Crippen molar-refractivity contribution in [2.24, 2.45) is 0 Å². The Morgan fingerprint density at radius 2 is 1.88 bits per heavy atom. The molecule has 1 aromatic carbocycles. The topological polar surface area (TPSA) is 0 Å². The van der Waals surface area contributed by atoms with Crippen molar-refractivity contribution in [1.29, 1.82) is 0 Å². The first-order chi connectivity index (χ1) is 7.53. The molecule has 0 aliphatic carbocycles. The molecule has 0 spiro atoms. The zero-order valence-electron chi connectivity index (χ0n) is 10.3. The summed E-state index contributed by atoms with van der Waals surface area (Å²) in [6.07, 6.45) is 0. The second kappa shape index (κ2) is 6.69. The van der Waals surface area contributed by atoms with E-state index in [1.807, 2.05) is 0 Å². The van der Waals surface area contributed by atoms with Gasteiger partial charge in [-0.2, -0.15) is 0 Å². The fourth-order valence-electron chi connectivity index (χ4n) is 1.13. The monoisotopic (exact) mass is 362 g/mol. The van der Waals surface area contributed by atoms with E-state index >= 15 is 0 Å². The average Bonchev–Trinajstić information content (AvgIpc) is 2.23. The Morgan fingerprint density at radius 3 is 2.50 bits per heavy atom. The molecule has 0 bridgehead atoms. The zero-order valence-corrected chi connectivity index (χ0v) is 14.8. The van der Waals surface area contributed by atoms with E-state index in [9.17, 15) is 0 Å². The first-order valence-electron chi connectivity index (χ1n) is 5.29. The van der Waals surface area contributed by atoms with E-state index < -0.39 is 8.07 Å². The Labute approximate surface area is 113 Å². The van der Waals surface area contributed by atoms with E-state index in [1.54, 1.807) is 4.46 Å². The first kappa shape index (κ1) is 14.1. The van der Waals surface area contributed by atoms with Crippen LogP contribution in [0.1, 0.15) is 5.56 Å². The maximum atomic E-state index is 3.45. The Balaban J connectivity index is 2.57. The van der Waals surface area contributed by atoms with Crippen molar-refractivity contribution in [3.8, 4) is 10.4 Å². The molecule has 0 unspecified atom stereocenters. The molecule has 1 aromatic rings. The van der Waals surface area contributed by atoms with E-state index in [2.05, 4.69) is 60.1 Å². The van der Waals surface area contributed by atoms with Gasteiger partial charge in [-0.1, -0.05) is 0 Å². The van der Waals surface area contributed by atoms with E-state index in [0.717, 1.165) is 0 Å². The molecular formula is C13H18Se2Si. The van der Waals surface area contributed by atoms with Crippen LogP contribution in [0, 0.1) is 10.4 Å². The summed E-state index contributed by atoms with van der Waals surface area (Å²) in [7, 11) is -1.16. The van der Waals surface area contributed by atoms with Crippen molar-refractivity contribution in [2.45, 2.75) is 30.8 Å². The summed E-state index contributed by atoms with van der Waals surface area (Å²) in [6, 6.07) is 8.81. The third-order valence-electron chi connectivity index (χ3n) is 1.92. The fourth-order valence-corrected chi connectivity index (χ4v) is 6.65. The molecule has 0 radical (unpaired) electrons. The summed E-state index contributed by atoms with van der Waals surface area (Å²) < 4.78 is 1.55. The van der Waals surface area contributed by atoms with Gasteiger partial charge in [0.05, 0.1) is 0 Å². The van der Waals surface area contributed by atoms with Gasteiger partial charge in [0, 0.05) is 0 Å². The number of hydrogen-bond donors (Lipinski definition) is 0. The standard InChI is InChI=1S/C13H18Se2Si/c1-14-13-8-6-5-7-12(13)11-15-9-10-16(2,3)4/h5-8H,11H2,1-4H3. The number of benzene rings is 1. The van der Waals surface area contributed by atoms with E-state index in [1.165, 1.54) is 10.9 Å². The number of hydrogen-bond acceptors (Lipinski definition) is 0. The molecule has 0 heterocycles. The van der Waals surface area contributed by atoms with Gasteiger partial charge in [-0.3, -0.25) is 0 Å². The minimum atomic E-state index is -1.16. The van der Waals surface area contributed by atoms with Crippen LogP contribution in [-0.2, 0) is 5.32 Å². The summed E-state index contributed by atoms with van der Waals surface area (Å²) in [6.45, 7) is 6.91. The predicted octanol–water partition coefficient (Wildman–Crippen LogP) is 2.11. The molecule has 16 heavy (non-hydrogen) atoms. The van der Waals surface area contributed by atoms with Crippen LogP contribution >= 0.6 is 0 Å². The molecule has 0 nitrogen and oxygen atoms in total. The third kappa shape index (κ3) is 5.39. The van der Waals surface area contributed by atoms with Crippen molar-refractivity contribution in [1.82, 2.24) is 0 Å².